The summed E-state index contributed by atoms with van der Waals surface area (Å²) in [5.74, 6) is 0. The number of tetrazole rings is 1. The van der Waals surface area contributed by atoms with Crippen molar-refractivity contribution in [3.8, 4) is 0 Å². The lowest BCUT2D eigenvalue weighted by atomic mass is 10.8. The molecule has 4 nitrogen and oxygen atoms in total. The van der Waals surface area contributed by atoms with Crippen LogP contribution in [0.5, 0.6) is 0 Å². The second-order valence-corrected chi connectivity index (χ2v) is 3.13. The van der Waals surface area contributed by atoms with Gasteiger partial charge in [-0.05, 0) is 12.1 Å². The Bertz CT molecular complexity index is 146. The van der Waals surface area contributed by atoms with E-state index in [1.54, 1.807) is 4.80 Å². The number of rotatable bonds is 1. The number of hydrogen-bond donors (Lipinski definition) is 0. The lowest BCUT2D eigenvalue weighted by Crippen LogP contribution is -2.01. The molecule has 0 fully saturated rings. The summed E-state index contributed by atoms with van der Waals surface area (Å²) in [5, 5.41) is 11.0. The van der Waals surface area contributed by atoms with E-state index in [4.69, 9.17) is 0 Å². The van der Waals surface area contributed by atoms with Crippen molar-refractivity contribution < 1.29 is 0 Å². The van der Waals surface area contributed by atoms with Crippen molar-refractivity contribution >= 4 is 22.6 Å². The van der Waals surface area contributed by atoms with Crippen LogP contribution in [0.15, 0.2) is 6.33 Å². The van der Waals surface area contributed by atoms with Crippen LogP contribution in [0.25, 0.3) is 0 Å². The molecule has 0 bridgehead atoms. The largest absolute Gasteiger partial charge is 0.162 e. The molecule has 0 aliphatic carbocycles. The predicted octanol–water partition coefficient (Wildman–Crippen LogP) is 0.627. The smallest absolute Gasteiger partial charge is 0.152 e. The first-order valence-corrected chi connectivity index (χ1v) is 3.42. The highest BCUT2D eigenvalue weighted by Crippen LogP contribution is 2.08. The first-order valence-electron chi connectivity index (χ1n) is 2.17. The minimum absolute atomic E-state index is 0.287. The fourth-order valence-electron chi connectivity index (χ4n) is 0.338. The molecule has 8 heavy (non-hydrogen) atoms. The van der Waals surface area contributed by atoms with Gasteiger partial charge in [-0.15, -0.1) is 10.2 Å². The van der Waals surface area contributed by atoms with Crippen LogP contribution >= 0.6 is 22.6 Å². The van der Waals surface area contributed by atoms with E-state index in [0.29, 0.717) is 0 Å². The SMILES string of the molecule is CC(I)n1ncnn1. The van der Waals surface area contributed by atoms with E-state index in [0.717, 1.165) is 0 Å². The Hall–Kier alpha value is -0.200. The molecule has 1 rings (SSSR count). The third-order valence-electron chi connectivity index (χ3n) is 0.683. The average Bonchev–Trinajstić information content (AvgIpc) is 2.12. The lowest BCUT2D eigenvalue weighted by molar-refractivity contribution is 0.556. The number of nitrogens with zero attached hydrogens (tertiary/aromatic N) is 4. The van der Waals surface area contributed by atoms with Gasteiger partial charge in [-0.2, -0.15) is 4.80 Å². The van der Waals surface area contributed by atoms with Gasteiger partial charge in [0.1, 0.15) is 4.05 Å². The zero-order valence-corrected chi connectivity index (χ0v) is 6.48. The molecule has 0 aliphatic rings. The summed E-state index contributed by atoms with van der Waals surface area (Å²) >= 11 is 2.20. The van der Waals surface area contributed by atoms with E-state index in [1.165, 1.54) is 6.33 Å². The van der Waals surface area contributed by atoms with Gasteiger partial charge in [0.2, 0.25) is 0 Å². The standard InChI is InChI=1S/C3H5IN4/c1-3(4)8-6-2-5-7-8/h2-3H,1H3. The van der Waals surface area contributed by atoms with Crippen molar-refractivity contribution in [2.45, 2.75) is 11.0 Å². The van der Waals surface area contributed by atoms with Crippen LogP contribution in [0, 0.1) is 0 Å². The zero-order chi connectivity index (χ0) is 5.98. The van der Waals surface area contributed by atoms with Crippen molar-refractivity contribution in [3.63, 3.8) is 0 Å². The highest BCUT2D eigenvalue weighted by molar-refractivity contribution is 14.1. The van der Waals surface area contributed by atoms with Crippen molar-refractivity contribution in [2.75, 3.05) is 0 Å². The molecule has 0 amide bonds. The Morgan fingerprint density at radius 3 is 2.75 bits per heavy atom. The van der Waals surface area contributed by atoms with Gasteiger partial charge in [-0.1, -0.05) is 22.6 Å². The zero-order valence-electron chi connectivity index (χ0n) is 4.32. The topological polar surface area (TPSA) is 43.6 Å². The van der Waals surface area contributed by atoms with E-state index in [-0.39, 0.29) is 4.05 Å². The fraction of sp³-hybridized carbons (Fsp3) is 0.667. The number of alkyl halides is 1. The molecular formula is C3H5IN4. The number of aromatic nitrogens is 4. The molecule has 0 spiro atoms. The van der Waals surface area contributed by atoms with Gasteiger partial charge < -0.3 is 0 Å². The summed E-state index contributed by atoms with van der Waals surface area (Å²) in [6.45, 7) is 1.99. The molecule has 1 atom stereocenters. The maximum atomic E-state index is 3.80. The minimum Gasteiger partial charge on any atom is -0.152 e. The highest BCUT2D eigenvalue weighted by atomic mass is 127. The molecular weight excluding hydrogens is 219 g/mol. The molecule has 1 unspecified atom stereocenters. The van der Waals surface area contributed by atoms with E-state index in [2.05, 4.69) is 38.0 Å². The van der Waals surface area contributed by atoms with Gasteiger partial charge in [-0.3, -0.25) is 0 Å². The van der Waals surface area contributed by atoms with Crippen LogP contribution in [-0.2, 0) is 0 Å². The van der Waals surface area contributed by atoms with Crippen LogP contribution in [0.3, 0.4) is 0 Å². The molecule has 1 aromatic rings. The first-order chi connectivity index (χ1) is 3.80. The lowest BCUT2D eigenvalue weighted by Gasteiger charge is -1.95. The van der Waals surface area contributed by atoms with E-state index in [1.807, 2.05) is 6.92 Å². The molecule has 0 saturated carbocycles. The first kappa shape index (κ1) is 5.93. The Morgan fingerprint density at radius 1 is 1.75 bits per heavy atom. The fourth-order valence-corrected chi connectivity index (χ4v) is 0.593. The Balaban J connectivity index is 2.77. The normalized spacial score (nSPS) is 13.8. The van der Waals surface area contributed by atoms with Crippen molar-refractivity contribution in [2.24, 2.45) is 0 Å². The summed E-state index contributed by atoms with van der Waals surface area (Å²) in [4.78, 5) is 1.54. The number of halogens is 1. The van der Waals surface area contributed by atoms with Gasteiger partial charge in [0.05, 0.1) is 0 Å². The second-order valence-electron chi connectivity index (χ2n) is 1.33. The van der Waals surface area contributed by atoms with Crippen LogP contribution < -0.4 is 0 Å². The highest BCUT2D eigenvalue weighted by Gasteiger charge is 1.96. The number of hydrogen-bond acceptors (Lipinski definition) is 3. The Morgan fingerprint density at radius 2 is 2.50 bits per heavy atom. The molecule has 0 N–H and O–H groups in total. The third kappa shape index (κ3) is 1.15. The van der Waals surface area contributed by atoms with Crippen molar-refractivity contribution in [1.82, 2.24) is 20.2 Å². The summed E-state index contributed by atoms with van der Waals surface area (Å²) < 4.78 is 0.287. The van der Waals surface area contributed by atoms with Crippen molar-refractivity contribution in [1.29, 1.82) is 0 Å². The van der Waals surface area contributed by atoms with Crippen LogP contribution in [0.1, 0.15) is 11.0 Å². The Labute approximate surface area is 60.4 Å². The maximum absolute atomic E-state index is 3.80. The summed E-state index contributed by atoms with van der Waals surface area (Å²) in [5.41, 5.74) is 0. The van der Waals surface area contributed by atoms with Gasteiger partial charge in [0.15, 0.2) is 6.33 Å². The van der Waals surface area contributed by atoms with E-state index >= 15 is 0 Å². The second kappa shape index (κ2) is 2.38. The molecule has 0 saturated heterocycles. The average molecular weight is 224 g/mol. The molecule has 0 aliphatic heterocycles. The van der Waals surface area contributed by atoms with Crippen LogP contribution in [-0.4, -0.2) is 20.2 Å². The van der Waals surface area contributed by atoms with Crippen molar-refractivity contribution in [3.05, 3.63) is 6.33 Å². The summed E-state index contributed by atoms with van der Waals surface area (Å²) in [7, 11) is 0. The summed E-state index contributed by atoms with van der Waals surface area (Å²) in [6, 6.07) is 0. The molecule has 1 heterocycles. The molecule has 5 heteroatoms. The predicted molar refractivity (Wildman–Crippen MR) is 36.5 cm³/mol. The van der Waals surface area contributed by atoms with E-state index < -0.39 is 0 Å². The maximum Gasteiger partial charge on any atom is 0.162 e. The van der Waals surface area contributed by atoms with Gasteiger partial charge in [-0.25, -0.2) is 0 Å². The summed E-state index contributed by atoms with van der Waals surface area (Å²) in [6.07, 6.45) is 1.43. The van der Waals surface area contributed by atoms with Crippen LogP contribution in [0.4, 0.5) is 0 Å². The van der Waals surface area contributed by atoms with E-state index in [9.17, 15) is 0 Å². The van der Waals surface area contributed by atoms with Gasteiger partial charge in [0.25, 0.3) is 0 Å². The molecule has 1 aromatic heterocycles. The van der Waals surface area contributed by atoms with Crippen LogP contribution in [0.2, 0.25) is 0 Å². The molecule has 0 radical (unpaired) electrons. The van der Waals surface area contributed by atoms with Gasteiger partial charge >= 0.3 is 0 Å². The monoisotopic (exact) mass is 224 g/mol. The Kier molecular flexibility index (Phi) is 1.77. The third-order valence-corrected chi connectivity index (χ3v) is 1.18. The molecule has 0 aromatic carbocycles. The minimum atomic E-state index is 0.287. The molecule has 44 valence electrons. The quantitative estimate of drug-likeness (QED) is 0.519. The van der Waals surface area contributed by atoms with Gasteiger partial charge in [0, 0.05) is 0 Å².